The van der Waals surface area contributed by atoms with Crippen molar-refractivity contribution in [3.8, 4) is 11.4 Å². The zero-order chi connectivity index (χ0) is 16.2. The first-order chi connectivity index (χ1) is 11.2. The molecule has 1 aromatic carbocycles. The van der Waals surface area contributed by atoms with Crippen LogP contribution in [0.1, 0.15) is 34.5 Å². The third kappa shape index (κ3) is 3.31. The van der Waals surface area contributed by atoms with Gasteiger partial charge in [0.15, 0.2) is 6.61 Å². The molecule has 3 aromatic rings. The van der Waals surface area contributed by atoms with Crippen molar-refractivity contribution in [3.05, 3.63) is 59.4 Å². The van der Waals surface area contributed by atoms with Crippen LogP contribution in [-0.4, -0.2) is 16.1 Å². The smallest absolute Gasteiger partial charge is 0.342 e. The molecule has 0 spiro atoms. The van der Waals surface area contributed by atoms with Gasteiger partial charge in [-0.25, -0.2) is 4.79 Å². The molecule has 0 atom stereocenters. The van der Waals surface area contributed by atoms with Gasteiger partial charge in [0.25, 0.3) is 5.89 Å². The van der Waals surface area contributed by atoms with Gasteiger partial charge in [0.2, 0.25) is 5.82 Å². The number of benzene rings is 1. The Balaban J connectivity index is 1.65. The van der Waals surface area contributed by atoms with Gasteiger partial charge in [-0.1, -0.05) is 36.3 Å². The van der Waals surface area contributed by atoms with Gasteiger partial charge in [-0.3, -0.25) is 0 Å². The molecule has 6 nitrogen and oxygen atoms in total. The van der Waals surface area contributed by atoms with Crippen LogP contribution in [0.25, 0.3) is 11.4 Å². The number of aromatic nitrogens is 2. The number of aryl methyl sites for hydroxylation is 2. The number of rotatable bonds is 5. The van der Waals surface area contributed by atoms with Crippen molar-refractivity contribution in [2.75, 3.05) is 0 Å². The number of ether oxygens (including phenoxy) is 1. The van der Waals surface area contributed by atoms with Crippen LogP contribution in [-0.2, 0) is 17.8 Å². The van der Waals surface area contributed by atoms with Crippen LogP contribution in [0, 0.1) is 6.92 Å². The van der Waals surface area contributed by atoms with Crippen molar-refractivity contribution < 1.29 is 18.5 Å². The lowest BCUT2D eigenvalue weighted by Gasteiger charge is -1.99. The summed E-state index contributed by atoms with van der Waals surface area (Å²) in [7, 11) is 0. The topological polar surface area (TPSA) is 78.4 Å². The van der Waals surface area contributed by atoms with Crippen LogP contribution in [0.4, 0.5) is 0 Å². The molecule has 0 bridgehead atoms. The fourth-order valence-corrected chi connectivity index (χ4v) is 2.12. The lowest BCUT2D eigenvalue weighted by molar-refractivity contribution is 0.0428. The van der Waals surface area contributed by atoms with Gasteiger partial charge < -0.3 is 13.7 Å². The summed E-state index contributed by atoms with van der Waals surface area (Å²) in [5.74, 6) is 0.743. The monoisotopic (exact) mass is 312 g/mol. The first-order valence-electron chi connectivity index (χ1n) is 7.30. The summed E-state index contributed by atoms with van der Waals surface area (Å²) in [6, 6.07) is 9.48. The van der Waals surface area contributed by atoms with Crippen LogP contribution in [0.15, 0.2) is 45.5 Å². The van der Waals surface area contributed by atoms with E-state index in [-0.39, 0.29) is 12.5 Å². The Labute approximate surface area is 133 Å². The molecule has 0 unspecified atom stereocenters. The van der Waals surface area contributed by atoms with Gasteiger partial charge in [0, 0.05) is 5.56 Å². The normalized spacial score (nSPS) is 10.7. The van der Waals surface area contributed by atoms with Gasteiger partial charge in [-0.15, -0.1) is 0 Å². The van der Waals surface area contributed by atoms with Gasteiger partial charge >= 0.3 is 5.97 Å². The van der Waals surface area contributed by atoms with Crippen molar-refractivity contribution in [1.29, 1.82) is 0 Å². The fourth-order valence-electron chi connectivity index (χ4n) is 2.12. The minimum absolute atomic E-state index is 0.0799. The summed E-state index contributed by atoms with van der Waals surface area (Å²) in [6.45, 7) is 3.71. The number of esters is 1. The van der Waals surface area contributed by atoms with Crippen molar-refractivity contribution in [2.45, 2.75) is 26.9 Å². The zero-order valence-electron chi connectivity index (χ0n) is 12.9. The molecule has 2 heterocycles. The third-order valence-corrected chi connectivity index (χ3v) is 3.49. The van der Waals surface area contributed by atoms with Crippen LogP contribution in [0.2, 0.25) is 0 Å². The van der Waals surface area contributed by atoms with Crippen molar-refractivity contribution in [3.63, 3.8) is 0 Å². The first-order valence-corrected chi connectivity index (χ1v) is 7.30. The number of nitrogens with zero attached hydrogens (tertiary/aromatic N) is 2. The Hall–Kier alpha value is -2.89. The highest BCUT2D eigenvalue weighted by Crippen LogP contribution is 2.17. The fraction of sp³-hybridized carbons (Fsp3) is 0.235. The predicted molar refractivity (Wildman–Crippen MR) is 81.7 cm³/mol. The van der Waals surface area contributed by atoms with Crippen LogP contribution in [0.3, 0.4) is 0 Å². The first kappa shape index (κ1) is 15.0. The maximum absolute atomic E-state index is 11.9. The highest BCUT2D eigenvalue weighted by Gasteiger charge is 2.15. The lowest BCUT2D eigenvalue weighted by Crippen LogP contribution is -2.05. The highest BCUT2D eigenvalue weighted by molar-refractivity contribution is 5.90. The van der Waals surface area contributed by atoms with E-state index in [1.54, 1.807) is 13.0 Å². The second-order valence-electron chi connectivity index (χ2n) is 5.03. The number of hydrogen-bond acceptors (Lipinski definition) is 6. The minimum Gasteiger partial charge on any atom is -0.469 e. The molecular formula is C17H16N2O4. The summed E-state index contributed by atoms with van der Waals surface area (Å²) < 4.78 is 15.3. The van der Waals surface area contributed by atoms with Crippen LogP contribution < -0.4 is 0 Å². The molecule has 0 aliphatic heterocycles. The Morgan fingerprint density at radius 1 is 1.22 bits per heavy atom. The predicted octanol–water partition coefficient (Wildman–Crippen LogP) is 3.56. The number of furan rings is 1. The minimum atomic E-state index is -0.483. The van der Waals surface area contributed by atoms with Gasteiger partial charge in [0.05, 0.1) is 6.26 Å². The summed E-state index contributed by atoms with van der Waals surface area (Å²) in [6.07, 6.45) is 2.41. The van der Waals surface area contributed by atoms with E-state index in [1.807, 2.05) is 24.3 Å². The van der Waals surface area contributed by atoms with E-state index in [2.05, 4.69) is 17.1 Å². The molecule has 6 heteroatoms. The standard InChI is InChI=1S/C17H16N2O4/c1-3-12-4-6-13(7-5-12)16-18-15(23-19-16)10-22-17(20)14-8-9-21-11(14)2/h4-9H,3,10H2,1-2H3. The zero-order valence-corrected chi connectivity index (χ0v) is 12.9. The van der Waals surface area contributed by atoms with E-state index in [9.17, 15) is 4.79 Å². The maximum atomic E-state index is 11.9. The molecule has 0 aliphatic rings. The average molecular weight is 312 g/mol. The van der Waals surface area contributed by atoms with Crippen LogP contribution >= 0.6 is 0 Å². The lowest BCUT2D eigenvalue weighted by atomic mass is 10.1. The molecule has 0 N–H and O–H groups in total. The molecule has 118 valence electrons. The largest absolute Gasteiger partial charge is 0.469 e. The number of carbonyl (C=O) groups excluding carboxylic acids is 1. The van der Waals surface area contributed by atoms with E-state index < -0.39 is 5.97 Å². The van der Waals surface area contributed by atoms with Gasteiger partial charge in [0.1, 0.15) is 11.3 Å². The van der Waals surface area contributed by atoms with E-state index in [1.165, 1.54) is 11.8 Å². The molecule has 0 radical (unpaired) electrons. The van der Waals surface area contributed by atoms with E-state index in [4.69, 9.17) is 13.7 Å². The molecule has 23 heavy (non-hydrogen) atoms. The third-order valence-electron chi connectivity index (χ3n) is 3.49. The Kier molecular flexibility index (Phi) is 4.23. The quantitative estimate of drug-likeness (QED) is 0.670. The molecule has 2 aromatic heterocycles. The maximum Gasteiger partial charge on any atom is 0.342 e. The molecule has 0 saturated heterocycles. The molecule has 0 saturated carbocycles. The molecular weight excluding hydrogens is 296 g/mol. The van der Waals surface area contributed by atoms with Crippen molar-refractivity contribution in [1.82, 2.24) is 10.1 Å². The summed E-state index contributed by atoms with van der Waals surface area (Å²) in [5.41, 5.74) is 2.48. The Morgan fingerprint density at radius 3 is 2.65 bits per heavy atom. The summed E-state index contributed by atoms with van der Waals surface area (Å²) >= 11 is 0. The van der Waals surface area contributed by atoms with E-state index in [0.717, 1.165) is 12.0 Å². The van der Waals surface area contributed by atoms with Crippen LogP contribution in [0.5, 0.6) is 0 Å². The number of carbonyl (C=O) groups is 1. The summed E-state index contributed by atoms with van der Waals surface area (Å²) in [5, 5.41) is 3.90. The Morgan fingerprint density at radius 2 is 2.00 bits per heavy atom. The van der Waals surface area contributed by atoms with Crippen molar-refractivity contribution in [2.24, 2.45) is 0 Å². The molecule has 0 amide bonds. The molecule has 3 rings (SSSR count). The van der Waals surface area contributed by atoms with Crippen molar-refractivity contribution >= 4 is 5.97 Å². The number of hydrogen-bond donors (Lipinski definition) is 0. The average Bonchev–Trinajstić information content (AvgIpc) is 3.22. The second-order valence-corrected chi connectivity index (χ2v) is 5.03. The van der Waals surface area contributed by atoms with E-state index in [0.29, 0.717) is 17.1 Å². The van der Waals surface area contributed by atoms with Gasteiger partial charge in [-0.05, 0) is 25.0 Å². The second kappa shape index (κ2) is 6.48. The highest BCUT2D eigenvalue weighted by atomic mass is 16.6. The summed E-state index contributed by atoms with van der Waals surface area (Å²) in [4.78, 5) is 16.1. The Bertz CT molecular complexity index is 802. The SMILES string of the molecule is CCc1ccc(-c2noc(COC(=O)c3ccoc3C)n2)cc1. The molecule has 0 fully saturated rings. The molecule has 0 aliphatic carbocycles. The van der Waals surface area contributed by atoms with Gasteiger partial charge in [-0.2, -0.15) is 4.98 Å². The van der Waals surface area contributed by atoms with E-state index >= 15 is 0 Å².